The monoisotopic (exact) mass is 492 g/mol. The highest BCUT2D eigenvalue weighted by molar-refractivity contribution is 5.88. The molecule has 1 N–H and O–H groups in total. The fourth-order valence-electron chi connectivity index (χ4n) is 4.57. The topological polar surface area (TPSA) is 85.8 Å². The number of amides is 1. The Hall–Kier alpha value is -3.65. The lowest BCUT2D eigenvalue weighted by atomic mass is 9.91. The maximum absolute atomic E-state index is 11.8. The van der Waals surface area contributed by atoms with Crippen LogP contribution in [0.25, 0.3) is 22.0 Å². The molecule has 2 aromatic carbocycles. The van der Waals surface area contributed by atoms with Gasteiger partial charge in [0, 0.05) is 56.6 Å². The molecule has 36 heavy (non-hydrogen) atoms. The number of benzene rings is 2. The molecule has 0 bridgehead atoms. The van der Waals surface area contributed by atoms with E-state index < -0.39 is 0 Å². The van der Waals surface area contributed by atoms with E-state index >= 15 is 0 Å². The Bertz CT molecular complexity index is 1230. The van der Waals surface area contributed by atoms with Crippen molar-refractivity contribution in [3.8, 4) is 22.6 Å². The highest BCUT2D eigenvalue weighted by atomic mass is 16.5. The molecule has 8 nitrogen and oxygen atoms in total. The summed E-state index contributed by atoms with van der Waals surface area (Å²) in [5.41, 5.74) is 5.28. The van der Waals surface area contributed by atoms with Crippen molar-refractivity contribution < 1.29 is 19.0 Å². The van der Waals surface area contributed by atoms with Crippen molar-refractivity contribution in [2.24, 2.45) is 0 Å². The van der Waals surface area contributed by atoms with E-state index in [9.17, 15) is 4.79 Å². The molecule has 1 saturated heterocycles. The van der Waals surface area contributed by atoms with Crippen LogP contribution in [0.15, 0.2) is 43.1 Å². The SMILES string of the molecule is C=CC(=O)N1CCC(Nc2ncc3cc(-c4c(C)c(OC)cc(OC)c4CC)ccc3n2)C1.COC. The molecule has 0 spiro atoms. The summed E-state index contributed by atoms with van der Waals surface area (Å²) in [6.45, 7) is 9.10. The number of carbonyl (C=O) groups is 1. The molecular weight excluding hydrogens is 456 g/mol. The number of hydrogen-bond donors (Lipinski definition) is 1. The second kappa shape index (κ2) is 12.4. The van der Waals surface area contributed by atoms with E-state index in [-0.39, 0.29) is 11.9 Å². The van der Waals surface area contributed by atoms with Crippen LogP contribution in [0.4, 0.5) is 5.95 Å². The summed E-state index contributed by atoms with van der Waals surface area (Å²) in [5.74, 6) is 2.16. The summed E-state index contributed by atoms with van der Waals surface area (Å²) in [6.07, 6.45) is 4.90. The van der Waals surface area contributed by atoms with Crippen LogP contribution in [0.2, 0.25) is 0 Å². The highest BCUT2D eigenvalue weighted by Gasteiger charge is 2.25. The number of aromatic nitrogens is 2. The van der Waals surface area contributed by atoms with E-state index in [0.29, 0.717) is 19.0 Å². The van der Waals surface area contributed by atoms with Gasteiger partial charge in [-0.2, -0.15) is 0 Å². The predicted octanol–water partition coefficient (Wildman–Crippen LogP) is 4.65. The van der Waals surface area contributed by atoms with Gasteiger partial charge < -0.3 is 24.4 Å². The maximum Gasteiger partial charge on any atom is 0.246 e. The average Bonchev–Trinajstić information content (AvgIpc) is 3.36. The van der Waals surface area contributed by atoms with Gasteiger partial charge in [0.05, 0.1) is 19.7 Å². The van der Waals surface area contributed by atoms with Gasteiger partial charge in [0.25, 0.3) is 0 Å². The lowest BCUT2D eigenvalue weighted by Crippen LogP contribution is -2.30. The third kappa shape index (κ3) is 5.76. The molecule has 1 aromatic heterocycles. The molecule has 1 amide bonds. The Kier molecular flexibility index (Phi) is 9.25. The van der Waals surface area contributed by atoms with Crippen LogP contribution in [0.3, 0.4) is 0 Å². The number of nitrogens with one attached hydrogen (secondary N) is 1. The standard InChI is InChI=1S/C26H30N4O3.C2H6O/c1-6-20-23(33-5)13-22(32-4)16(3)25(20)17-8-9-21-18(12-17)14-27-26(29-21)28-19-10-11-30(15-19)24(31)7-2;1-3-2/h7-9,12-14,19H,2,6,10-11,15H2,1,3-5H3,(H,27,28,29);1-2H3. The summed E-state index contributed by atoms with van der Waals surface area (Å²) in [7, 11) is 6.61. The minimum atomic E-state index is -0.0397. The van der Waals surface area contributed by atoms with Crippen LogP contribution in [0.5, 0.6) is 11.5 Å². The van der Waals surface area contributed by atoms with Gasteiger partial charge in [-0.05, 0) is 54.7 Å². The van der Waals surface area contributed by atoms with Crippen molar-refractivity contribution in [3.63, 3.8) is 0 Å². The molecule has 0 aliphatic carbocycles. The van der Waals surface area contributed by atoms with Crippen LogP contribution >= 0.6 is 0 Å². The molecule has 3 aromatic rings. The summed E-state index contributed by atoms with van der Waals surface area (Å²) in [6, 6.07) is 8.29. The molecule has 1 aliphatic rings. The first-order chi connectivity index (χ1) is 17.4. The Morgan fingerprint density at radius 1 is 1.19 bits per heavy atom. The number of nitrogens with zero attached hydrogens (tertiary/aromatic N) is 3. The average molecular weight is 493 g/mol. The number of methoxy groups -OCH3 is 3. The summed E-state index contributed by atoms with van der Waals surface area (Å²) in [4.78, 5) is 22.8. The van der Waals surface area contributed by atoms with Gasteiger partial charge >= 0.3 is 0 Å². The fraction of sp³-hybridized carbons (Fsp3) is 0.393. The molecule has 1 atom stereocenters. The highest BCUT2D eigenvalue weighted by Crippen LogP contribution is 2.40. The molecule has 192 valence electrons. The zero-order valence-corrected chi connectivity index (χ0v) is 22.1. The van der Waals surface area contributed by atoms with Gasteiger partial charge in [-0.15, -0.1) is 0 Å². The second-order valence-electron chi connectivity index (χ2n) is 8.61. The quantitative estimate of drug-likeness (QED) is 0.481. The molecule has 0 saturated carbocycles. The van der Waals surface area contributed by atoms with Crippen LogP contribution in [-0.4, -0.2) is 68.3 Å². The number of likely N-dealkylation sites (tertiary alicyclic amines) is 1. The Balaban J connectivity index is 0.00000115. The molecule has 4 rings (SSSR count). The van der Waals surface area contributed by atoms with E-state index in [1.54, 1.807) is 33.3 Å². The van der Waals surface area contributed by atoms with Crippen LogP contribution < -0.4 is 14.8 Å². The number of carbonyl (C=O) groups excluding carboxylic acids is 1. The van der Waals surface area contributed by atoms with Crippen LogP contribution in [-0.2, 0) is 16.0 Å². The zero-order chi connectivity index (χ0) is 26.2. The Morgan fingerprint density at radius 3 is 2.56 bits per heavy atom. The van der Waals surface area contributed by atoms with Gasteiger partial charge in [-0.1, -0.05) is 19.6 Å². The van der Waals surface area contributed by atoms with Crippen LogP contribution in [0.1, 0.15) is 24.5 Å². The number of rotatable bonds is 7. The van der Waals surface area contributed by atoms with Crippen molar-refractivity contribution in [1.82, 2.24) is 14.9 Å². The number of anilines is 1. The largest absolute Gasteiger partial charge is 0.496 e. The van der Waals surface area contributed by atoms with Crippen molar-refractivity contribution in [1.29, 1.82) is 0 Å². The molecule has 1 unspecified atom stereocenters. The normalized spacial score (nSPS) is 14.7. The molecule has 1 aliphatic heterocycles. The summed E-state index contributed by atoms with van der Waals surface area (Å²) >= 11 is 0. The first kappa shape index (κ1) is 26.9. The third-order valence-corrected chi connectivity index (χ3v) is 6.28. The third-order valence-electron chi connectivity index (χ3n) is 6.28. The predicted molar refractivity (Wildman–Crippen MR) is 144 cm³/mol. The van der Waals surface area contributed by atoms with Crippen molar-refractivity contribution in [3.05, 3.63) is 54.2 Å². The lowest BCUT2D eigenvalue weighted by Gasteiger charge is -2.19. The lowest BCUT2D eigenvalue weighted by molar-refractivity contribution is -0.125. The van der Waals surface area contributed by atoms with Crippen molar-refractivity contribution in [2.75, 3.05) is 46.8 Å². The molecule has 1 fully saturated rings. The van der Waals surface area contributed by atoms with E-state index in [0.717, 1.165) is 57.5 Å². The smallest absolute Gasteiger partial charge is 0.246 e. The van der Waals surface area contributed by atoms with Gasteiger partial charge in [0.1, 0.15) is 11.5 Å². The van der Waals surface area contributed by atoms with E-state index in [2.05, 4.69) is 47.6 Å². The number of ether oxygens (including phenoxy) is 3. The van der Waals surface area contributed by atoms with Gasteiger partial charge in [-0.25, -0.2) is 9.97 Å². The molecule has 0 radical (unpaired) electrons. The second-order valence-corrected chi connectivity index (χ2v) is 8.61. The van der Waals surface area contributed by atoms with E-state index in [4.69, 9.17) is 14.5 Å². The van der Waals surface area contributed by atoms with Crippen molar-refractivity contribution >= 4 is 22.8 Å². The Morgan fingerprint density at radius 2 is 1.92 bits per heavy atom. The summed E-state index contributed by atoms with van der Waals surface area (Å²) < 4.78 is 15.5. The summed E-state index contributed by atoms with van der Waals surface area (Å²) in [5, 5.41) is 4.32. The number of fused-ring (bicyclic) bond motifs is 1. The van der Waals surface area contributed by atoms with Gasteiger partial charge in [-0.3, -0.25) is 4.79 Å². The minimum absolute atomic E-state index is 0.0397. The molecule has 8 heteroatoms. The first-order valence-electron chi connectivity index (χ1n) is 12.0. The van der Waals surface area contributed by atoms with Crippen molar-refractivity contribution in [2.45, 2.75) is 32.7 Å². The number of hydrogen-bond acceptors (Lipinski definition) is 7. The van der Waals surface area contributed by atoms with E-state index in [1.165, 1.54) is 6.08 Å². The minimum Gasteiger partial charge on any atom is -0.496 e. The van der Waals surface area contributed by atoms with Gasteiger partial charge in [0.2, 0.25) is 11.9 Å². The van der Waals surface area contributed by atoms with E-state index in [1.807, 2.05) is 18.3 Å². The molecule has 2 heterocycles. The molecular formula is C28H36N4O4. The van der Waals surface area contributed by atoms with Crippen LogP contribution in [0, 0.1) is 6.92 Å². The maximum atomic E-state index is 11.8. The zero-order valence-electron chi connectivity index (χ0n) is 22.1. The van der Waals surface area contributed by atoms with Gasteiger partial charge in [0.15, 0.2) is 0 Å². The Labute approximate surface area is 213 Å². The first-order valence-corrected chi connectivity index (χ1v) is 12.0. The fourth-order valence-corrected chi connectivity index (χ4v) is 4.57.